The molecule has 1 heterocycles. The van der Waals surface area contributed by atoms with Crippen LogP contribution in [0.5, 0.6) is 0 Å². The van der Waals surface area contributed by atoms with Gasteiger partial charge in [-0.15, -0.1) is 0 Å². The van der Waals surface area contributed by atoms with E-state index in [1.807, 2.05) is 95.6 Å². The largest absolute Gasteiger partial charge is 0.294 e. The molecule has 0 fully saturated rings. The van der Waals surface area contributed by atoms with Gasteiger partial charge in [0.05, 0.1) is 5.69 Å². The molecule has 1 aromatic heterocycles. The van der Waals surface area contributed by atoms with Gasteiger partial charge in [0.1, 0.15) is 5.82 Å². The minimum Gasteiger partial charge on any atom is -0.294 e. The summed E-state index contributed by atoms with van der Waals surface area (Å²) in [4.78, 5) is 16.6. The van der Waals surface area contributed by atoms with Gasteiger partial charge in [0.25, 0.3) is 5.56 Å². The standard InChI is InChI=1S/C22H16N2O/c25-21-16-20(17-10-4-1-5-11-17)24(19-14-8-3-9-15-19)22(23-21)18-12-6-2-7-13-18/h1-16H. The highest BCUT2D eigenvalue weighted by molar-refractivity contribution is 5.68. The summed E-state index contributed by atoms with van der Waals surface area (Å²) in [5.41, 5.74) is 3.42. The molecular formula is C22H16N2O. The maximum atomic E-state index is 12.3. The smallest absolute Gasteiger partial charge is 0.273 e. The number of benzene rings is 3. The second kappa shape index (κ2) is 6.57. The van der Waals surface area contributed by atoms with Crippen LogP contribution in [0.1, 0.15) is 0 Å². The number of hydrogen-bond donors (Lipinski definition) is 0. The normalized spacial score (nSPS) is 10.6. The molecule has 0 unspecified atom stereocenters. The van der Waals surface area contributed by atoms with Crippen LogP contribution < -0.4 is 5.56 Å². The molecule has 0 spiro atoms. The lowest BCUT2D eigenvalue weighted by atomic mass is 10.1. The monoisotopic (exact) mass is 324 g/mol. The minimum absolute atomic E-state index is 0.245. The Balaban J connectivity index is 2.09. The van der Waals surface area contributed by atoms with Crippen LogP contribution >= 0.6 is 0 Å². The molecule has 0 saturated carbocycles. The molecule has 0 aliphatic heterocycles. The van der Waals surface area contributed by atoms with Gasteiger partial charge in [-0.2, -0.15) is 4.98 Å². The van der Waals surface area contributed by atoms with Crippen molar-refractivity contribution in [2.24, 2.45) is 0 Å². The molecule has 0 N–H and O–H groups in total. The Labute approximate surface area is 145 Å². The Morgan fingerprint density at radius 3 is 1.76 bits per heavy atom. The SMILES string of the molecule is O=c1cc(-c2ccccc2)n(-c2ccccc2)c(-c2ccccc2)n1. The van der Waals surface area contributed by atoms with Gasteiger partial charge in [-0.3, -0.25) is 9.36 Å². The van der Waals surface area contributed by atoms with E-state index in [0.29, 0.717) is 5.82 Å². The summed E-state index contributed by atoms with van der Waals surface area (Å²) in [6.07, 6.45) is 0. The highest BCUT2D eigenvalue weighted by Gasteiger charge is 2.14. The van der Waals surface area contributed by atoms with Gasteiger partial charge in [-0.05, 0) is 17.7 Å². The van der Waals surface area contributed by atoms with Crippen molar-refractivity contribution in [1.29, 1.82) is 0 Å². The molecule has 0 amide bonds. The van der Waals surface area contributed by atoms with Gasteiger partial charge in [-0.25, -0.2) is 0 Å². The highest BCUT2D eigenvalue weighted by atomic mass is 16.1. The third-order valence-corrected chi connectivity index (χ3v) is 4.04. The van der Waals surface area contributed by atoms with Gasteiger partial charge in [-0.1, -0.05) is 78.9 Å². The van der Waals surface area contributed by atoms with Gasteiger partial charge in [0.15, 0.2) is 0 Å². The summed E-state index contributed by atoms with van der Waals surface area (Å²) in [5.74, 6) is 0.637. The molecule has 3 aromatic carbocycles. The number of para-hydroxylation sites is 1. The number of hydrogen-bond acceptors (Lipinski definition) is 2. The Hall–Kier alpha value is -3.46. The average Bonchev–Trinajstić information content (AvgIpc) is 2.69. The zero-order valence-electron chi connectivity index (χ0n) is 13.5. The lowest BCUT2D eigenvalue weighted by molar-refractivity contribution is 0.985. The summed E-state index contributed by atoms with van der Waals surface area (Å²) >= 11 is 0. The molecule has 25 heavy (non-hydrogen) atoms. The zero-order valence-corrected chi connectivity index (χ0v) is 13.5. The second-order valence-electron chi connectivity index (χ2n) is 5.71. The fourth-order valence-corrected chi connectivity index (χ4v) is 2.92. The molecule has 0 aliphatic rings. The van der Waals surface area contributed by atoms with Crippen LogP contribution in [0.15, 0.2) is 102 Å². The first-order valence-corrected chi connectivity index (χ1v) is 8.13. The summed E-state index contributed by atoms with van der Waals surface area (Å²) in [6.45, 7) is 0. The third kappa shape index (κ3) is 3.00. The zero-order chi connectivity index (χ0) is 17.1. The molecule has 4 aromatic rings. The number of aromatic nitrogens is 2. The first-order valence-electron chi connectivity index (χ1n) is 8.13. The summed E-state index contributed by atoms with van der Waals surface area (Å²) in [5, 5.41) is 0. The summed E-state index contributed by atoms with van der Waals surface area (Å²) < 4.78 is 2.03. The van der Waals surface area contributed by atoms with E-state index in [-0.39, 0.29) is 5.56 Å². The van der Waals surface area contributed by atoms with Crippen LogP contribution in [0.4, 0.5) is 0 Å². The van der Waals surface area contributed by atoms with E-state index in [1.54, 1.807) is 6.07 Å². The van der Waals surface area contributed by atoms with E-state index in [0.717, 1.165) is 22.5 Å². The van der Waals surface area contributed by atoms with Gasteiger partial charge in [0, 0.05) is 17.3 Å². The van der Waals surface area contributed by atoms with Crippen molar-refractivity contribution in [3.8, 4) is 28.3 Å². The van der Waals surface area contributed by atoms with Crippen molar-refractivity contribution in [2.75, 3.05) is 0 Å². The third-order valence-electron chi connectivity index (χ3n) is 4.04. The molecule has 3 heteroatoms. The minimum atomic E-state index is -0.245. The van der Waals surface area contributed by atoms with E-state index in [1.165, 1.54) is 0 Å². The Morgan fingerprint density at radius 1 is 0.640 bits per heavy atom. The molecule has 0 bridgehead atoms. The molecule has 0 saturated heterocycles. The molecule has 120 valence electrons. The van der Waals surface area contributed by atoms with E-state index in [4.69, 9.17) is 0 Å². The maximum absolute atomic E-state index is 12.3. The lowest BCUT2D eigenvalue weighted by Gasteiger charge is -2.18. The van der Waals surface area contributed by atoms with E-state index in [2.05, 4.69) is 4.98 Å². The molecule has 3 nitrogen and oxygen atoms in total. The molecule has 0 atom stereocenters. The van der Waals surface area contributed by atoms with Crippen molar-refractivity contribution < 1.29 is 0 Å². The van der Waals surface area contributed by atoms with Gasteiger partial charge < -0.3 is 0 Å². The topological polar surface area (TPSA) is 34.9 Å². The summed E-state index contributed by atoms with van der Waals surface area (Å²) in [6, 6.07) is 31.3. The van der Waals surface area contributed by atoms with Crippen molar-refractivity contribution in [1.82, 2.24) is 9.55 Å². The predicted octanol–water partition coefficient (Wildman–Crippen LogP) is 4.57. The fraction of sp³-hybridized carbons (Fsp3) is 0. The number of nitrogens with zero attached hydrogens (tertiary/aromatic N) is 2. The fourth-order valence-electron chi connectivity index (χ4n) is 2.92. The molecule has 0 radical (unpaired) electrons. The Kier molecular flexibility index (Phi) is 3.97. The molecule has 0 aliphatic carbocycles. The first kappa shape index (κ1) is 15.1. The van der Waals surface area contributed by atoms with Crippen LogP contribution in [0.2, 0.25) is 0 Å². The van der Waals surface area contributed by atoms with Crippen molar-refractivity contribution >= 4 is 0 Å². The van der Waals surface area contributed by atoms with E-state index >= 15 is 0 Å². The van der Waals surface area contributed by atoms with Crippen LogP contribution in [-0.2, 0) is 0 Å². The van der Waals surface area contributed by atoms with Crippen LogP contribution in [0.3, 0.4) is 0 Å². The summed E-state index contributed by atoms with van der Waals surface area (Å²) in [7, 11) is 0. The first-order chi connectivity index (χ1) is 12.3. The quantitative estimate of drug-likeness (QED) is 0.553. The van der Waals surface area contributed by atoms with Gasteiger partial charge >= 0.3 is 0 Å². The maximum Gasteiger partial charge on any atom is 0.273 e. The second-order valence-corrected chi connectivity index (χ2v) is 5.71. The predicted molar refractivity (Wildman–Crippen MR) is 101 cm³/mol. The van der Waals surface area contributed by atoms with Crippen LogP contribution in [0.25, 0.3) is 28.3 Å². The average molecular weight is 324 g/mol. The van der Waals surface area contributed by atoms with Crippen molar-refractivity contribution in [3.05, 3.63) is 107 Å². The van der Waals surface area contributed by atoms with Crippen molar-refractivity contribution in [3.63, 3.8) is 0 Å². The van der Waals surface area contributed by atoms with Crippen LogP contribution in [-0.4, -0.2) is 9.55 Å². The van der Waals surface area contributed by atoms with E-state index < -0.39 is 0 Å². The van der Waals surface area contributed by atoms with Gasteiger partial charge in [0.2, 0.25) is 0 Å². The lowest BCUT2D eigenvalue weighted by Crippen LogP contribution is -2.15. The highest BCUT2D eigenvalue weighted by Crippen LogP contribution is 2.27. The Bertz CT molecular complexity index is 976. The molecular weight excluding hydrogens is 308 g/mol. The van der Waals surface area contributed by atoms with Crippen LogP contribution in [0, 0.1) is 0 Å². The Morgan fingerprint density at radius 2 is 1.16 bits per heavy atom. The number of rotatable bonds is 3. The van der Waals surface area contributed by atoms with E-state index in [9.17, 15) is 4.79 Å². The van der Waals surface area contributed by atoms with Crippen molar-refractivity contribution in [2.45, 2.75) is 0 Å². The molecule has 4 rings (SSSR count).